The first-order chi connectivity index (χ1) is 14.2. The Morgan fingerprint density at radius 1 is 1.00 bits per heavy atom. The third kappa shape index (κ3) is 6.96. The second-order valence-corrected chi connectivity index (χ2v) is 6.79. The zero-order valence-corrected chi connectivity index (χ0v) is 16.9. The maximum absolute atomic E-state index is 12.1. The molecule has 2 aromatic rings. The Balaban J connectivity index is 1.37. The lowest BCUT2D eigenvalue weighted by Crippen LogP contribution is -2.38. The number of carbonyl (C=O) groups is 1. The van der Waals surface area contributed by atoms with E-state index in [4.69, 9.17) is 14.2 Å². The van der Waals surface area contributed by atoms with Gasteiger partial charge in [0.2, 0.25) is 0 Å². The van der Waals surface area contributed by atoms with Crippen molar-refractivity contribution in [3.8, 4) is 11.5 Å². The second-order valence-electron chi connectivity index (χ2n) is 6.79. The Bertz CT molecular complexity index is 761. The molecular weight excluding hydrogens is 370 g/mol. The summed E-state index contributed by atoms with van der Waals surface area (Å²) in [6.45, 7) is 5.63. The van der Waals surface area contributed by atoms with Crippen molar-refractivity contribution in [2.75, 3.05) is 46.6 Å². The zero-order valence-electron chi connectivity index (χ0n) is 16.9. The number of morpholine rings is 1. The van der Waals surface area contributed by atoms with Crippen LogP contribution in [0.5, 0.6) is 11.5 Å². The quantitative estimate of drug-likeness (QED) is 0.634. The van der Waals surface area contributed by atoms with Crippen LogP contribution in [-0.2, 0) is 17.8 Å². The van der Waals surface area contributed by atoms with Gasteiger partial charge in [0.1, 0.15) is 18.1 Å². The van der Waals surface area contributed by atoms with Gasteiger partial charge in [0, 0.05) is 26.2 Å². The van der Waals surface area contributed by atoms with Gasteiger partial charge in [-0.15, -0.1) is 0 Å². The minimum atomic E-state index is -0.204. The Hall–Kier alpha value is -2.77. The zero-order chi connectivity index (χ0) is 20.3. The molecule has 7 heteroatoms. The van der Waals surface area contributed by atoms with Gasteiger partial charge >= 0.3 is 6.03 Å². The first-order valence-corrected chi connectivity index (χ1v) is 9.90. The van der Waals surface area contributed by atoms with Gasteiger partial charge in [0.15, 0.2) is 0 Å². The molecule has 1 heterocycles. The van der Waals surface area contributed by atoms with Crippen molar-refractivity contribution in [2.24, 2.45) is 0 Å². The van der Waals surface area contributed by atoms with E-state index in [2.05, 4.69) is 27.7 Å². The van der Waals surface area contributed by atoms with Crippen molar-refractivity contribution in [1.29, 1.82) is 0 Å². The lowest BCUT2D eigenvalue weighted by atomic mass is 10.1. The summed E-state index contributed by atoms with van der Waals surface area (Å²) in [5.41, 5.74) is 2.36. The van der Waals surface area contributed by atoms with E-state index in [-0.39, 0.29) is 6.03 Å². The summed E-state index contributed by atoms with van der Waals surface area (Å²) in [6, 6.07) is 15.4. The second kappa shape index (κ2) is 11.3. The highest BCUT2D eigenvalue weighted by atomic mass is 16.5. The number of ether oxygens (including phenoxy) is 3. The predicted octanol–water partition coefficient (Wildman–Crippen LogP) is 2.41. The van der Waals surface area contributed by atoms with Crippen LogP contribution in [0.3, 0.4) is 0 Å². The summed E-state index contributed by atoms with van der Waals surface area (Å²) in [4.78, 5) is 14.5. The minimum Gasteiger partial charge on any atom is -0.497 e. The minimum absolute atomic E-state index is 0.204. The van der Waals surface area contributed by atoms with Crippen LogP contribution >= 0.6 is 0 Å². The van der Waals surface area contributed by atoms with E-state index in [1.807, 2.05) is 36.4 Å². The SMILES string of the molecule is COc1ccc(OCCNC(=O)NCc2ccccc2CN2CCOCC2)cc1. The number of hydrogen-bond donors (Lipinski definition) is 2. The molecule has 0 saturated carbocycles. The fourth-order valence-electron chi connectivity index (χ4n) is 3.13. The number of amides is 2. The molecule has 0 atom stereocenters. The van der Waals surface area contributed by atoms with E-state index in [1.165, 1.54) is 5.56 Å². The number of benzene rings is 2. The number of urea groups is 1. The summed E-state index contributed by atoms with van der Waals surface area (Å²) in [7, 11) is 1.62. The van der Waals surface area contributed by atoms with Crippen LogP contribution in [0.25, 0.3) is 0 Å². The van der Waals surface area contributed by atoms with Crippen LogP contribution in [0.2, 0.25) is 0 Å². The molecule has 7 nitrogen and oxygen atoms in total. The summed E-state index contributed by atoms with van der Waals surface area (Å²) in [6.07, 6.45) is 0. The van der Waals surface area contributed by atoms with E-state index in [1.54, 1.807) is 7.11 Å². The van der Waals surface area contributed by atoms with Gasteiger partial charge in [-0.25, -0.2) is 4.79 Å². The Labute approximate surface area is 171 Å². The molecule has 156 valence electrons. The molecule has 2 amide bonds. The summed E-state index contributed by atoms with van der Waals surface area (Å²) < 4.78 is 16.1. The molecule has 1 fully saturated rings. The summed E-state index contributed by atoms with van der Waals surface area (Å²) >= 11 is 0. The fraction of sp³-hybridized carbons (Fsp3) is 0.409. The van der Waals surface area contributed by atoms with E-state index >= 15 is 0 Å². The number of rotatable bonds is 9. The predicted molar refractivity (Wildman–Crippen MR) is 111 cm³/mol. The molecule has 29 heavy (non-hydrogen) atoms. The summed E-state index contributed by atoms with van der Waals surface area (Å²) in [5, 5.41) is 5.74. The van der Waals surface area contributed by atoms with Crippen molar-refractivity contribution in [3.63, 3.8) is 0 Å². The molecule has 0 spiro atoms. The third-order valence-corrected chi connectivity index (χ3v) is 4.77. The molecule has 0 aliphatic carbocycles. The molecule has 0 radical (unpaired) electrons. The molecule has 3 rings (SSSR count). The molecule has 0 bridgehead atoms. The van der Waals surface area contributed by atoms with Gasteiger partial charge in [0.05, 0.1) is 26.9 Å². The number of nitrogens with one attached hydrogen (secondary N) is 2. The standard InChI is InChI=1S/C22H29N3O4/c1-27-20-6-8-21(9-7-20)29-13-10-23-22(26)24-16-18-4-2-3-5-19(18)17-25-11-14-28-15-12-25/h2-9H,10-17H2,1H3,(H2,23,24,26). The highest BCUT2D eigenvalue weighted by molar-refractivity contribution is 5.73. The largest absolute Gasteiger partial charge is 0.497 e. The van der Waals surface area contributed by atoms with Crippen molar-refractivity contribution in [1.82, 2.24) is 15.5 Å². The molecule has 0 aromatic heterocycles. The number of hydrogen-bond acceptors (Lipinski definition) is 5. The van der Waals surface area contributed by atoms with Gasteiger partial charge in [-0.2, -0.15) is 0 Å². The van der Waals surface area contributed by atoms with Gasteiger partial charge in [-0.3, -0.25) is 4.90 Å². The number of methoxy groups -OCH3 is 1. The van der Waals surface area contributed by atoms with Crippen LogP contribution in [0.15, 0.2) is 48.5 Å². The van der Waals surface area contributed by atoms with Gasteiger partial charge in [-0.05, 0) is 35.4 Å². The maximum Gasteiger partial charge on any atom is 0.315 e. The molecule has 2 aromatic carbocycles. The Morgan fingerprint density at radius 3 is 2.41 bits per heavy atom. The molecule has 1 aliphatic heterocycles. The van der Waals surface area contributed by atoms with Gasteiger partial charge in [-0.1, -0.05) is 24.3 Å². The average Bonchev–Trinajstić information content (AvgIpc) is 2.77. The summed E-state index contributed by atoms with van der Waals surface area (Å²) in [5.74, 6) is 1.52. The topological polar surface area (TPSA) is 72.1 Å². The van der Waals surface area contributed by atoms with Gasteiger partial charge < -0.3 is 24.8 Å². The fourth-order valence-corrected chi connectivity index (χ4v) is 3.13. The van der Waals surface area contributed by atoms with E-state index in [0.717, 1.165) is 49.9 Å². The normalized spacial score (nSPS) is 14.2. The first-order valence-electron chi connectivity index (χ1n) is 9.90. The first kappa shape index (κ1) is 21.0. The van der Waals surface area contributed by atoms with Crippen LogP contribution in [0.1, 0.15) is 11.1 Å². The smallest absolute Gasteiger partial charge is 0.315 e. The van der Waals surface area contributed by atoms with Crippen LogP contribution < -0.4 is 20.1 Å². The Kier molecular flexibility index (Phi) is 8.15. The average molecular weight is 399 g/mol. The lowest BCUT2D eigenvalue weighted by Gasteiger charge is -2.27. The van der Waals surface area contributed by atoms with Crippen molar-refractivity contribution < 1.29 is 19.0 Å². The van der Waals surface area contributed by atoms with Gasteiger partial charge in [0.25, 0.3) is 0 Å². The maximum atomic E-state index is 12.1. The molecular formula is C22H29N3O4. The molecule has 1 aliphatic rings. The third-order valence-electron chi connectivity index (χ3n) is 4.77. The highest BCUT2D eigenvalue weighted by Crippen LogP contribution is 2.16. The number of carbonyl (C=O) groups excluding carboxylic acids is 1. The highest BCUT2D eigenvalue weighted by Gasteiger charge is 2.13. The number of nitrogens with zero attached hydrogens (tertiary/aromatic N) is 1. The lowest BCUT2D eigenvalue weighted by molar-refractivity contribution is 0.0341. The van der Waals surface area contributed by atoms with Crippen molar-refractivity contribution in [3.05, 3.63) is 59.7 Å². The molecule has 2 N–H and O–H groups in total. The molecule has 1 saturated heterocycles. The van der Waals surface area contributed by atoms with E-state index in [0.29, 0.717) is 19.7 Å². The van der Waals surface area contributed by atoms with Crippen LogP contribution in [0, 0.1) is 0 Å². The molecule has 0 unspecified atom stereocenters. The van der Waals surface area contributed by atoms with Crippen molar-refractivity contribution >= 4 is 6.03 Å². The Morgan fingerprint density at radius 2 is 1.69 bits per heavy atom. The van der Waals surface area contributed by atoms with Crippen LogP contribution in [0.4, 0.5) is 4.79 Å². The monoisotopic (exact) mass is 399 g/mol. The van der Waals surface area contributed by atoms with E-state index < -0.39 is 0 Å². The van der Waals surface area contributed by atoms with Crippen LogP contribution in [-0.4, -0.2) is 57.5 Å². The van der Waals surface area contributed by atoms with E-state index in [9.17, 15) is 4.79 Å². The van der Waals surface area contributed by atoms with Crippen molar-refractivity contribution in [2.45, 2.75) is 13.1 Å².